The van der Waals surface area contributed by atoms with Crippen molar-refractivity contribution in [2.24, 2.45) is 0 Å². The number of hydrogen-bond acceptors (Lipinski definition) is 3. The molecule has 1 heterocycles. The van der Waals surface area contributed by atoms with Gasteiger partial charge in [-0.15, -0.1) is 0 Å². The number of nitrogens with zero attached hydrogens (tertiary/aromatic N) is 1. The highest BCUT2D eigenvalue weighted by atomic mass is 32.2. The second-order valence-electron chi connectivity index (χ2n) is 7.52. The number of carbonyl (C=O) groups is 1. The van der Waals surface area contributed by atoms with Crippen molar-refractivity contribution < 1.29 is 13.2 Å². The zero-order chi connectivity index (χ0) is 20.5. The third-order valence-electron chi connectivity index (χ3n) is 5.48. The largest absolute Gasteiger partial charge is 0.312 e. The second-order valence-corrected chi connectivity index (χ2v) is 9.24. The van der Waals surface area contributed by atoms with Crippen molar-refractivity contribution in [2.75, 3.05) is 11.4 Å². The van der Waals surface area contributed by atoms with Crippen LogP contribution >= 0.6 is 0 Å². The van der Waals surface area contributed by atoms with E-state index < -0.39 is 10.0 Å². The van der Waals surface area contributed by atoms with E-state index in [9.17, 15) is 13.2 Å². The maximum Gasteiger partial charge on any atom is 0.241 e. The number of benzene rings is 2. The number of hydrogen-bond donors (Lipinski definition) is 1. The van der Waals surface area contributed by atoms with Gasteiger partial charge in [0.1, 0.15) is 0 Å². The Morgan fingerprint density at radius 3 is 2.36 bits per heavy atom. The molecule has 1 saturated heterocycles. The lowest BCUT2D eigenvalue weighted by Gasteiger charge is -2.21. The summed E-state index contributed by atoms with van der Waals surface area (Å²) >= 11 is 0. The molecule has 1 aliphatic rings. The maximum absolute atomic E-state index is 13.0. The van der Waals surface area contributed by atoms with Crippen LogP contribution in [-0.2, 0) is 14.8 Å². The van der Waals surface area contributed by atoms with Gasteiger partial charge in [0.2, 0.25) is 15.9 Å². The lowest BCUT2D eigenvalue weighted by Crippen LogP contribution is -2.29. The molecule has 0 aliphatic carbocycles. The number of anilines is 1. The SMILES string of the molecule is CCC(NS(=O)(=O)c1ccc(N2CCCC2=O)c(C)c1)c1ccc(C)c(C)c1. The zero-order valence-electron chi connectivity index (χ0n) is 17.0. The number of rotatable bonds is 6. The number of aryl methyl sites for hydroxylation is 3. The minimum absolute atomic E-state index is 0.0950. The van der Waals surface area contributed by atoms with Gasteiger partial charge in [-0.05, 0) is 74.1 Å². The van der Waals surface area contributed by atoms with Gasteiger partial charge < -0.3 is 4.90 Å². The summed E-state index contributed by atoms with van der Waals surface area (Å²) in [5.41, 5.74) is 4.87. The molecule has 2 aromatic rings. The van der Waals surface area contributed by atoms with E-state index in [1.807, 2.05) is 45.9 Å². The minimum Gasteiger partial charge on any atom is -0.312 e. The van der Waals surface area contributed by atoms with E-state index in [2.05, 4.69) is 4.72 Å². The Hall–Kier alpha value is -2.18. The van der Waals surface area contributed by atoms with Gasteiger partial charge in [-0.1, -0.05) is 25.1 Å². The average Bonchev–Trinajstić information content (AvgIpc) is 3.07. The van der Waals surface area contributed by atoms with Crippen LogP contribution in [0.5, 0.6) is 0 Å². The monoisotopic (exact) mass is 400 g/mol. The third-order valence-corrected chi connectivity index (χ3v) is 6.95. The number of nitrogens with one attached hydrogen (secondary N) is 1. The molecular weight excluding hydrogens is 372 g/mol. The molecule has 0 saturated carbocycles. The van der Waals surface area contributed by atoms with Gasteiger partial charge in [-0.2, -0.15) is 0 Å². The quantitative estimate of drug-likeness (QED) is 0.791. The van der Waals surface area contributed by atoms with E-state index in [0.29, 0.717) is 19.4 Å². The van der Waals surface area contributed by atoms with Crippen molar-refractivity contribution >= 4 is 21.6 Å². The van der Waals surface area contributed by atoms with Gasteiger partial charge in [-0.25, -0.2) is 13.1 Å². The number of carbonyl (C=O) groups excluding carboxylic acids is 1. The van der Waals surface area contributed by atoms with Gasteiger partial charge in [0.25, 0.3) is 0 Å². The molecule has 1 N–H and O–H groups in total. The van der Waals surface area contributed by atoms with Crippen LogP contribution in [0, 0.1) is 20.8 Å². The van der Waals surface area contributed by atoms with Crippen LogP contribution in [0.2, 0.25) is 0 Å². The molecule has 150 valence electrons. The Labute approximate surface area is 167 Å². The van der Waals surface area contributed by atoms with Crippen LogP contribution in [0.15, 0.2) is 41.3 Å². The molecule has 3 rings (SSSR count). The Bertz CT molecular complexity index is 999. The Morgan fingerprint density at radius 1 is 1.04 bits per heavy atom. The number of amides is 1. The van der Waals surface area contributed by atoms with Crippen molar-refractivity contribution in [3.63, 3.8) is 0 Å². The Kier molecular flexibility index (Phi) is 5.91. The van der Waals surface area contributed by atoms with Gasteiger partial charge in [0.15, 0.2) is 0 Å². The predicted molar refractivity (Wildman–Crippen MR) is 112 cm³/mol. The minimum atomic E-state index is -3.67. The maximum atomic E-state index is 13.0. The third kappa shape index (κ3) is 4.13. The fraction of sp³-hybridized carbons (Fsp3) is 0.409. The van der Waals surface area contributed by atoms with Crippen LogP contribution in [0.25, 0.3) is 0 Å². The summed E-state index contributed by atoms with van der Waals surface area (Å²) in [6.45, 7) is 8.58. The normalized spacial score (nSPS) is 15.9. The highest BCUT2D eigenvalue weighted by molar-refractivity contribution is 7.89. The van der Waals surface area contributed by atoms with Crippen LogP contribution in [0.1, 0.15) is 54.5 Å². The first-order valence-corrected chi connectivity index (χ1v) is 11.2. The molecule has 1 atom stereocenters. The van der Waals surface area contributed by atoms with Crippen molar-refractivity contribution in [3.8, 4) is 0 Å². The molecule has 2 aromatic carbocycles. The van der Waals surface area contributed by atoms with Crippen molar-refractivity contribution in [3.05, 3.63) is 58.7 Å². The first-order valence-electron chi connectivity index (χ1n) is 9.73. The van der Waals surface area contributed by atoms with Crippen LogP contribution in [-0.4, -0.2) is 20.9 Å². The molecule has 1 unspecified atom stereocenters. The molecule has 1 amide bonds. The molecule has 0 bridgehead atoms. The molecule has 6 heteroatoms. The fourth-order valence-electron chi connectivity index (χ4n) is 3.62. The molecule has 5 nitrogen and oxygen atoms in total. The summed E-state index contributed by atoms with van der Waals surface area (Å²) in [5, 5.41) is 0. The molecule has 0 spiro atoms. The molecule has 28 heavy (non-hydrogen) atoms. The molecular formula is C22H28N2O3S. The highest BCUT2D eigenvalue weighted by Gasteiger charge is 2.25. The topological polar surface area (TPSA) is 66.5 Å². The Morgan fingerprint density at radius 2 is 1.79 bits per heavy atom. The molecule has 0 aromatic heterocycles. The van der Waals surface area contributed by atoms with Gasteiger partial charge in [0, 0.05) is 24.7 Å². The first kappa shape index (κ1) is 20.6. The summed E-state index contributed by atoms with van der Waals surface area (Å²) in [6, 6.07) is 10.7. The van der Waals surface area contributed by atoms with E-state index in [-0.39, 0.29) is 16.8 Å². The summed E-state index contributed by atoms with van der Waals surface area (Å²) < 4.78 is 28.8. The lowest BCUT2D eigenvalue weighted by atomic mass is 10.0. The van der Waals surface area contributed by atoms with Gasteiger partial charge in [0.05, 0.1) is 4.90 Å². The fourth-order valence-corrected chi connectivity index (χ4v) is 5.02. The summed E-state index contributed by atoms with van der Waals surface area (Å²) in [7, 11) is -3.67. The number of sulfonamides is 1. The van der Waals surface area contributed by atoms with E-state index in [0.717, 1.165) is 28.8 Å². The molecule has 0 radical (unpaired) electrons. The Balaban J connectivity index is 1.86. The van der Waals surface area contributed by atoms with Crippen LogP contribution in [0.3, 0.4) is 0 Å². The van der Waals surface area contributed by atoms with E-state index in [1.54, 1.807) is 23.1 Å². The average molecular weight is 401 g/mol. The molecule has 1 aliphatic heterocycles. The van der Waals surface area contributed by atoms with E-state index >= 15 is 0 Å². The lowest BCUT2D eigenvalue weighted by molar-refractivity contribution is -0.117. The van der Waals surface area contributed by atoms with Gasteiger partial charge >= 0.3 is 0 Å². The molecule has 1 fully saturated rings. The van der Waals surface area contributed by atoms with E-state index in [1.165, 1.54) is 5.56 Å². The van der Waals surface area contributed by atoms with Crippen molar-refractivity contribution in [2.45, 2.75) is 57.9 Å². The van der Waals surface area contributed by atoms with Crippen LogP contribution in [0.4, 0.5) is 5.69 Å². The predicted octanol–water partition coefficient (Wildman–Crippen LogP) is 4.17. The summed E-state index contributed by atoms with van der Waals surface area (Å²) in [4.78, 5) is 14.0. The summed E-state index contributed by atoms with van der Waals surface area (Å²) in [6.07, 6.45) is 2.05. The van der Waals surface area contributed by atoms with Crippen molar-refractivity contribution in [1.82, 2.24) is 4.72 Å². The van der Waals surface area contributed by atoms with Crippen LogP contribution < -0.4 is 9.62 Å². The standard InChI is InChI=1S/C22H28N2O3S/c1-5-20(18-9-8-15(2)16(3)13-18)23-28(26,27)19-10-11-21(17(4)14-19)24-12-6-7-22(24)25/h8-11,13-14,20,23H,5-7,12H2,1-4H3. The smallest absolute Gasteiger partial charge is 0.241 e. The second kappa shape index (κ2) is 8.05. The highest BCUT2D eigenvalue weighted by Crippen LogP contribution is 2.28. The first-order chi connectivity index (χ1) is 13.2. The van der Waals surface area contributed by atoms with E-state index in [4.69, 9.17) is 0 Å². The summed E-state index contributed by atoms with van der Waals surface area (Å²) in [5.74, 6) is 0.0950. The van der Waals surface area contributed by atoms with Crippen molar-refractivity contribution in [1.29, 1.82) is 0 Å². The zero-order valence-corrected chi connectivity index (χ0v) is 17.8. The van der Waals surface area contributed by atoms with Gasteiger partial charge in [-0.3, -0.25) is 4.79 Å².